The van der Waals surface area contributed by atoms with Crippen molar-refractivity contribution in [3.8, 4) is 12.3 Å². The van der Waals surface area contributed by atoms with Gasteiger partial charge >= 0.3 is 6.18 Å². The summed E-state index contributed by atoms with van der Waals surface area (Å²) in [5.41, 5.74) is -1.14. The lowest BCUT2D eigenvalue weighted by molar-refractivity contribution is -0.141. The van der Waals surface area contributed by atoms with Crippen LogP contribution in [-0.4, -0.2) is 9.78 Å². The minimum absolute atomic E-state index is 0.0423. The zero-order valence-electron chi connectivity index (χ0n) is 10.1. The fourth-order valence-corrected chi connectivity index (χ4v) is 1.30. The Kier molecular flexibility index (Phi) is 3.56. The van der Waals surface area contributed by atoms with E-state index in [4.69, 9.17) is 6.42 Å². The first kappa shape index (κ1) is 13.6. The molecule has 0 unspecified atom stereocenters. The molecule has 0 aliphatic rings. The molecule has 0 fully saturated rings. The van der Waals surface area contributed by atoms with Gasteiger partial charge in [-0.3, -0.25) is 4.68 Å². The van der Waals surface area contributed by atoms with Crippen LogP contribution in [0.4, 0.5) is 13.2 Å². The number of hydrogen-bond donors (Lipinski definition) is 0. The van der Waals surface area contributed by atoms with Crippen LogP contribution in [0.1, 0.15) is 38.4 Å². The molecule has 0 spiro atoms. The Hall–Kier alpha value is -1.44. The van der Waals surface area contributed by atoms with E-state index < -0.39 is 11.9 Å². The van der Waals surface area contributed by atoms with E-state index in [9.17, 15) is 13.2 Å². The number of halogens is 3. The number of alkyl halides is 3. The zero-order valence-corrected chi connectivity index (χ0v) is 10.1. The van der Waals surface area contributed by atoms with Crippen LogP contribution in [0.15, 0.2) is 6.20 Å². The molecule has 0 saturated carbocycles. The van der Waals surface area contributed by atoms with E-state index in [1.54, 1.807) is 0 Å². The molecular formula is C12H15F3N2. The van der Waals surface area contributed by atoms with Gasteiger partial charge in [0.05, 0.1) is 5.56 Å². The summed E-state index contributed by atoms with van der Waals surface area (Å²) in [5.74, 6) is 2.02. The van der Waals surface area contributed by atoms with Gasteiger partial charge in [0.2, 0.25) is 0 Å². The van der Waals surface area contributed by atoms with Crippen LogP contribution >= 0.6 is 0 Å². The van der Waals surface area contributed by atoms with E-state index in [0.717, 1.165) is 6.42 Å². The van der Waals surface area contributed by atoms with Gasteiger partial charge in [0.25, 0.3) is 0 Å². The molecule has 0 atom stereocenters. The summed E-state index contributed by atoms with van der Waals surface area (Å²) in [6.07, 6.45) is 2.55. The Morgan fingerprint density at radius 3 is 2.29 bits per heavy atom. The van der Waals surface area contributed by atoms with Crippen molar-refractivity contribution in [1.29, 1.82) is 0 Å². The quantitative estimate of drug-likeness (QED) is 0.730. The van der Waals surface area contributed by atoms with E-state index in [-0.39, 0.29) is 11.0 Å². The molecule has 0 N–H and O–H groups in total. The summed E-state index contributed by atoms with van der Waals surface area (Å²) in [6.45, 7) is 6.48. The van der Waals surface area contributed by atoms with Crippen LogP contribution in [0.25, 0.3) is 0 Å². The van der Waals surface area contributed by atoms with Gasteiger partial charge in [-0.2, -0.15) is 18.3 Å². The Labute approximate surface area is 98.8 Å². The van der Waals surface area contributed by atoms with Gasteiger partial charge in [-0.1, -0.05) is 26.7 Å². The van der Waals surface area contributed by atoms with E-state index in [1.165, 1.54) is 10.9 Å². The Balaban J connectivity index is 2.92. The van der Waals surface area contributed by atoms with Crippen molar-refractivity contribution in [1.82, 2.24) is 9.78 Å². The van der Waals surface area contributed by atoms with Gasteiger partial charge < -0.3 is 0 Å². The normalized spacial score (nSPS) is 12.5. The van der Waals surface area contributed by atoms with Crippen LogP contribution in [0.3, 0.4) is 0 Å². The molecule has 2 nitrogen and oxygen atoms in total. The second kappa shape index (κ2) is 4.44. The first-order chi connectivity index (χ1) is 7.63. The van der Waals surface area contributed by atoms with Gasteiger partial charge in [-0.15, -0.1) is 6.42 Å². The highest BCUT2D eigenvalue weighted by Crippen LogP contribution is 2.30. The molecule has 17 heavy (non-hydrogen) atoms. The second-order valence-electron chi connectivity index (χ2n) is 5.11. The first-order valence-electron chi connectivity index (χ1n) is 5.25. The molecule has 0 bridgehead atoms. The van der Waals surface area contributed by atoms with Gasteiger partial charge in [-0.05, 0) is 11.8 Å². The van der Waals surface area contributed by atoms with Crippen molar-refractivity contribution in [3.05, 3.63) is 17.5 Å². The third kappa shape index (κ3) is 3.81. The summed E-state index contributed by atoms with van der Waals surface area (Å²) in [4.78, 5) is 0. The molecule has 1 aromatic heterocycles. The minimum atomic E-state index is -4.49. The molecule has 0 aliphatic carbocycles. The largest absolute Gasteiger partial charge is 0.436 e. The minimum Gasteiger partial charge on any atom is -0.271 e. The number of hydrogen-bond acceptors (Lipinski definition) is 1. The molecule has 0 radical (unpaired) electrons. The summed E-state index contributed by atoms with van der Waals surface area (Å²) in [6, 6.07) is 0. The fourth-order valence-electron chi connectivity index (χ4n) is 1.30. The summed E-state index contributed by atoms with van der Waals surface area (Å²) in [7, 11) is 0. The second-order valence-corrected chi connectivity index (χ2v) is 5.11. The van der Waals surface area contributed by atoms with Crippen molar-refractivity contribution in [2.24, 2.45) is 5.41 Å². The molecule has 0 amide bonds. The predicted octanol–water partition coefficient (Wildman–Crippen LogP) is 3.32. The predicted molar refractivity (Wildman–Crippen MR) is 59.2 cm³/mol. The maximum Gasteiger partial charge on any atom is 0.436 e. The Morgan fingerprint density at radius 2 is 1.94 bits per heavy atom. The first-order valence-corrected chi connectivity index (χ1v) is 5.25. The van der Waals surface area contributed by atoms with E-state index >= 15 is 0 Å². The van der Waals surface area contributed by atoms with Gasteiger partial charge in [0.1, 0.15) is 0 Å². The lowest BCUT2D eigenvalue weighted by Crippen LogP contribution is -2.12. The van der Waals surface area contributed by atoms with E-state index in [0.29, 0.717) is 6.54 Å². The monoisotopic (exact) mass is 244 g/mol. The van der Waals surface area contributed by atoms with Crippen molar-refractivity contribution < 1.29 is 13.2 Å². The van der Waals surface area contributed by atoms with Crippen molar-refractivity contribution in [2.75, 3.05) is 0 Å². The zero-order chi connectivity index (χ0) is 13.3. The van der Waals surface area contributed by atoms with Crippen LogP contribution in [0, 0.1) is 17.8 Å². The van der Waals surface area contributed by atoms with Crippen LogP contribution in [-0.2, 0) is 12.7 Å². The van der Waals surface area contributed by atoms with Crippen LogP contribution in [0.2, 0.25) is 0 Å². The lowest BCUT2D eigenvalue weighted by Gasteiger charge is -2.17. The maximum absolute atomic E-state index is 12.6. The molecule has 0 aliphatic heterocycles. The van der Waals surface area contributed by atoms with Crippen LogP contribution < -0.4 is 0 Å². The van der Waals surface area contributed by atoms with Crippen LogP contribution in [0.5, 0.6) is 0 Å². The topological polar surface area (TPSA) is 17.8 Å². The van der Waals surface area contributed by atoms with E-state index in [1.807, 2.05) is 26.7 Å². The third-order valence-electron chi connectivity index (χ3n) is 2.28. The number of aryl methyl sites for hydroxylation is 1. The summed E-state index contributed by atoms with van der Waals surface area (Å²) >= 11 is 0. The number of rotatable bonds is 2. The van der Waals surface area contributed by atoms with E-state index in [2.05, 4.69) is 5.10 Å². The van der Waals surface area contributed by atoms with Crippen molar-refractivity contribution in [3.63, 3.8) is 0 Å². The smallest absolute Gasteiger partial charge is 0.271 e. The molecule has 1 aromatic rings. The lowest BCUT2D eigenvalue weighted by atomic mass is 9.92. The highest BCUT2D eigenvalue weighted by molar-refractivity contribution is 5.35. The molecular weight excluding hydrogens is 229 g/mol. The number of terminal acetylenes is 1. The SMILES string of the molecule is C#Cc1cn(CCC(C)(C)C)nc1C(F)(F)F. The summed E-state index contributed by atoms with van der Waals surface area (Å²) in [5, 5.41) is 3.50. The fraction of sp³-hybridized carbons (Fsp3) is 0.583. The van der Waals surface area contributed by atoms with Crippen molar-refractivity contribution in [2.45, 2.75) is 39.9 Å². The standard InChI is InChI=1S/C12H15F3N2/c1-5-9-8-17(7-6-11(2,3)4)16-10(9)12(13,14)15/h1,8H,6-7H2,2-4H3. The average Bonchev–Trinajstić information content (AvgIpc) is 2.56. The van der Waals surface area contributed by atoms with Crippen molar-refractivity contribution >= 4 is 0 Å². The average molecular weight is 244 g/mol. The maximum atomic E-state index is 12.6. The molecule has 5 heteroatoms. The number of aromatic nitrogens is 2. The van der Waals surface area contributed by atoms with Gasteiger partial charge in [0.15, 0.2) is 5.69 Å². The molecule has 0 aromatic carbocycles. The Morgan fingerprint density at radius 1 is 1.35 bits per heavy atom. The highest BCUT2D eigenvalue weighted by atomic mass is 19.4. The Bertz CT molecular complexity index is 430. The summed E-state index contributed by atoms with van der Waals surface area (Å²) < 4.78 is 38.9. The molecule has 0 saturated heterocycles. The third-order valence-corrected chi connectivity index (χ3v) is 2.28. The van der Waals surface area contributed by atoms with Gasteiger partial charge in [0, 0.05) is 12.7 Å². The number of nitrogens with zero attached hydrogens (tertiary/aromatic N) is 2. The van der Waals surface area contributed by atoms with Gasteiger partial charge in [-0.25, -0.2) is 0 Å². The molecule has 1 heterocycles. The molecule has 94 valence electrons. The molecule has 1 rings (SSSR count). The highest BCUT2D eigenvalue weighted by Gasteiger charge is 2.36.